The van der Waals surface area contributed by atoms with Crippen molar-refractivity contribution in [3.05, 3.63) is 59.7 Å². The van der Waals surface area contributed by atoms with E-state index in [2.05, 4.69) is 13.8 Å². The van der Waals surface area contributed by atoms with Gasteiger partial charge in [0, 0.05) is 20.3 Å². The van der Waals surface area contributed by atoms with E-state index in [1.165, 1.54) is 51.4 Å². The molecule has 0 saturated heterocycles. The summed E-state index contributed by atoms with van der Waals surface area (Å²) in [7, 11) is -5.25. The van der Waals surface area contributed by atoms with Gasteiger partial charge in [-0.2, -0.15) is 0 Å². The van der Waals surface area contributed by atoms with Crippen LogP contribution in [0.2, 0.25) is 0 Å². The van der Waals surface area contributed by atoms with Crippen molar-refractivity contribution in [1.29, 1.82) is 0 Å². The number of aryl methyl sites for hydroxylation is 2. The summed E-state index contributed by atoms with van der Waals surface area (Å²) in [5.41, 5.74) is 1.96. The lowest BCUT2D eigenvalue weighted by Crippen LogP contribution is -1.94. The highest BCUT2D eigenvalue weighted by molar-refractivity contribution is 7.48. The number of rotatable bonds is 20. The fourth-order valence-corrected chi connectivity index (χ4v) is 5.42. The minimum atomic E-state index is -2.62. The van der Waals surface area contributed by atoms with Gasteiger partial charge in [0.25, 0.3) is 0 Å². The van der Waals surface area contributed by atoms with Gasteiger partial charge in [-0.15, -0.1) is 0 Å². The molecular weight excluding hydrogens is 478 g/mol. The van der Waals surface area contributed by atoms with E-state index in [1.807, 2.05) is 36.4 Å². The van der Waals surface area contributed by atoms with Crippen LogP contribution >= 0.6 is 16.5 Å². The number of unbranched alkanes of at least 4 members (excludes halogenated alkanes) is 10. The van der Waals surface area contributed by atoms with Crippen molar-refractivity contribution in [2.75, 3.05) is 0 Å². The molecule has 0 aromatic heterocycles. The lowest BCUT2D eigenvalue weighted by Gasteiger charge is -2.04. The predicted molar refractivity (Wildman–Crippen MR) is 145 cm³/mol. The van der Waals surface area contributed by atoms with Gasteiger partial charge in [-0.25, -0.2) is 9.05 Å². The minimum Gasteiger partial charge on any atom is -0.226 e. The third kappa shape index (κ3) is 12.6. The SMILES string of the molecule is CCCCCCCCc1ccccc1O[P+](=O)O[P+](=O)Oc1ccccc1CCCCCCCC. The third-order valence-corrected chi connectivity index (χ3v) is 7.78. The van der Waals surface area contributed by atoms with Gasteiger partial charge in [0.05, 0.1) is 0 Å². The first-order valence-electron chi connectivity index (χ1n) is 13.3. The minimum absolute atomic E-state index is 0.508. The van der Waals surface area contributed by atoms with E-state index < -0.39 is 16.5 Å². The summed E-state index contributed by atoms with van der Waals surface area (Å²) in [5, 5.41) is 0. The molecule has 35 heavy (non-hydrogen) atoms. The highest BCUT2D eigenvalue weighted by Crippen LogP contribution is 2.42. The first-order valence-corrected chi connectivity index (χ1v) is 15.5. The number of benzene rings is 2. The average Bonchev–Trinajstić information content (AvgIpc) is 2.85. The van der Waals surface area contributed by atoms with Crippen LogP contribution in [0, 0.1) is 0 Å². The molecule has 5 nitrogen and oxygen atoms in total. The molecule has 0 amide bonds. The number of hydrogen-bond acceptors (Lipinski definition) is 5. The van der Waals surface area contributed by atoms with Crippen molar-refractivity contribution in [2.45, 2.75) is 104 Å². The van der Waals surface area contributed by atoms with Crippen LogP contribution in [0.5, 0.6) is 11.5 Å². The smallest absolute Gasteiger partial charge is 0.226 e. The lowest BCUT2D eigenvalue weighted by atomic mass is 10.0. The summed E-state index contributed by atoms with van der Waals surface area (Å²) < 4.78 is 41.0. The summed E-state index contributed by atoms with van der Waals surface area (Å²) in [4.78, 5) is 0. The molecule has 0 aliphatic carbocycles. The standard InChI is InChI=1S/C28H42O5P2/c1-3-5-7-9-11-13-19-25-21-15-17-23-27(25)31-34(29)33-35(30)32-28-24-18-16-22-26(28)20-14-12-10-8-6-4-2/h15-18,21-24H,3-14,19-20H2,1-2H3/q+2. The summed E-state index contributed by atoms with van der Waals surface area (Å²) >= 11 is 0. The summed E-state index contributed by atoms with van der Waals surface area (Å²) in [5.74, 6) is 1.02. The maximum Gasteiger partial charge on any atom is 0.801 e. The van der Waals surface area contributed by atoms with Crippen LogP contribution in [0.15, 0.2) is 48.5 Å². The maximum atomic E-state index is 12.4. The van der Waals surface area contributed by atoms with Gasteiger partial charge in [0.1, 0.15) is 0 Å². The lowest BCUT2D eigenvalue weighted by molar-refractivity contribution is 0.376. The van der Waals surface area contributed by atoms with Gasteiger partial charge in [-0.1, -0.05) is 114 Å². The molecule has 2 atom stereocenters. The zero-order chi connectivity index (χ0) is 25.1. The molecule has 0 spiro atoms. The maximum absolute atomic E-state index is 12.4. The molecule has 192 valence electrons. The average molecular weight is 521 g/mol. The van der Waals surface area contributed by atoms with E-state index in [0.717, 1.165) is 49.7 Å². The Morgan fingerprint density at radius 3 is 1.34 bits per heavy atom. The molecule has 7 heteroatoms. The Hall–Kier alpha value is -1.80. The van der Waals surface area contributed by atoms with Crippen molar-refractivity contribution in [3.8, 4) is 11.5 Å². The summed E-state index contributed by atoms with van der Waals surface area (Å²) in [6, 6.07) is 15.0. The Labute approximate surface area is 213 Å². The Morgan fingerprint density at radius 1 is 0.543 bits per heavy atom. The molecule has 2 aromatic rings. The van der Waals surface area contributed by atoms with Gasteiger partial charge in [-0.3, -0.25) is 0 Å². The Morgan fingerprint density at radius 2 is 0.914 bits per heavy atom. The molecular formula is C28H42O5P2+2. The number of hydrogen-bond donors (Lipinski definition) is 0. The largest absolute Gasteiger partial charge is 0.801 e. The number of para-hydroxylation sites is 2. The monoisotopic (exact) mass is 520 g/mol. The molecule has 0 radical (unpaired) electrons. The van der Waals surface area contributed by atoms with Crippen molar-refractivity contribution in [3.63, 3.8) is 0 Å². The zero-order valence-corrected chi connectivity index (χ0v) is 23.2. The van der Waals surface area contributed by atoms with Gasteiger partial charge in [-0.05, 0) is 37.8 Å². The Kier molecular flexibility index (Phi) is 15.5. The van der Waals surface area contributed by atoms with Gasteiger partial charge in [0.15, 0.2) is 15.8 Å². The van der Waals surface area contributed by atoms with E-state index in [0.29, 0.717) is 11.5 Å². The van der Waals surface area contributed by atoms with Crippen LogP contribution in [0.25, 0.3) is 0 Å². The first-order chi connectivity index (χ1) is 17.1. The van der Waals surface area contributed by atoms with Crippen LogP contribution in [-0.2, 0) is 26.3 Å². The fourth-order valence-electron chi connectivity index (χ4n) is 4.04. The molecule has 0 N–H and O–H groups in total. The highest BCUT2D eigenvalue weighted by atomic mass is 31.2. The fraction of sp³-hybridized carbons (Fsp3) is 0.571. The zero-order valence-electron chi connectivity index (χ0n) is 21.5. The van der Waals surface area contributed by atoms with E-state index in [1.54, 1.807) is 12.1 Å². The molecule has 2 aromatic carbocycles. The van der Waals surface area contributed by atoms with Gasteiger partial charge >= 0.3 is 16.5 Å². The van der Waals surface area contributed by atoms with Gasteiger partial charge < -0.3 is 0 Å². The molecule has 0 aliphatic rings. The van der Waals surface area contributed by atoms with Gasteiger partial charge in [0.2, 0.25) is 0 Å². The third-order valence-electron chi connectivity index (χ3n) is 6.02. The second kappa shape index (κ2) is 18.5. The van der Waals surface area contributed by atoms with Crippen LogP contribution in [-0.4, -0.2) is 0 Å². The van der Waals surface area contributed by atoms with Crippen LogP contribution < -0.4 is 9.05 Å². The molecule has 0 heterocycles. The van der Waals surface area contributed by atoms with E-state index >= 15 is 0 Å². The Balaban J connectivity index is 1.80. The summed E-state index contributed by atoms with van der Waals surface area (Å²) in [6.07, 6.45) is 16.1. The molecule has 0 bridgehead atoms. The quantitative estimate of drug-likeness (QED) is 0.128. The van der Waals surface area contributed by atoms with E-state index in [9.17, 15) is 9.13 Å². The molecule has 2 unspecified atom stereocenters. The summed E-state index contributed by atoms with van der Waals surface area (Å²) in [6.45, 7) is 4.43. The van der Waals surface area contributed by atoms with E-state index in [4.69, 9.17) is 13.4 Å². The van der Waals surface area contributed by atoms with Crippen molar-refractivity contribution in [1.82, 2.24) is 0 Å². The predicted octanol–water partition coefficient (Wildman–Crippen LogP) is 10.3. The highest BCUT2D eigenvalue weighted by Gasteiger charge is 2.43. The normalized spacial score (nSPS) is 11.8. The van der Waals surface area contributed by atoms with Crippen molar-refractivity contribution in [2.24, 2.45) is 0 Å². The van der Waals surface area contributed by atoms with Crippen LogP contribution in [0.4, 0.5) is 0 Å². The molecule has 0 saturated carbocycles. The first kappa shape index (κ1) is 29.4. The van der Waals surface area contributed by atoms with Crippen molar-refractivity contribution >= 4 is 16.5 Å². The second-order valence-electron chi connectivity index (χ2n) is 8.96. The molecule has 2 rings (SSSR count). The van der Waals surface area contributed by atoms with E-state index in [-0.39, 0.29) is 0 Å². The molecule has 0 fully saturated rings. The topological polar surface area (TPSA) is 61.8 Å². The Bertz CT molecular complexity index is 816. The van der Waals surface area contributed by atoms with Crippen LogP contribution in [0.3, 0.4) is 0 Å². The van der Waals surface area contributed by atoms with Crippen LogP contribution in [0.1, 0.15) is 102 Å². The van der Waals surface area contributed by atoms with Crippen molar-refractivity contribution < 1.29 is 22.5 Å². The second-order valence-corrected chi connectivity index (χ2v) is 10.9. The molecule has 0 aliphatic heterocycles.